The number of likely N-dealkylation sites (N-methyl/N-ethyl adjacent to an activating group) is 1. The van der Waals surface area contributed by atoms with Crippen molar-refractivity contribution in [1.29, 1.82) is 0 Å². The molecule has 0 unspecified atom stereocenters. The number of carbonyl (C=O) groups excluding carboxylic acids is 2. The van der Waals surface area contributed by atoms with E-state index in [4.69, 9.17) is 5.73 Å². The molecule has 1 heterocycles. The lowest BCUT2D eigenvalue weighted by atomic mass is 10.2. The molecule has 7 heteroatoms. The molecule has 0 radical (unpaired) electrons. The number of imidazole rings is 1. The van der Waals surface area contributed by atoms with Gasteiger partial charge in [-0.3, -0.25) is 15.0 Å². The molecule has 0 fully saturated rings. The summed E-state index contributed by atoms with van der Waals surface area (Å²) < 4.78 is 2.03. The lowest BCUT2D eigenvalue weighted by Crippen LogP contribution is -2.47. The van der Waals surface area contributed by atoms with Crippen molar-refractivity contribution in [3.05, 3.63) is 54.1 Å². The monoisotopic (exact) mass is 315 g/mol. The van der Waals surface area contributed by atoms with E-state index in [1.807, 2.05) is 33.9 Å². The van der Waals surface area contributed by atoms with Gasteiger partial charge < -0.3 is 10.3 Å². The van der Waals surface area contributed by atoms with Gasteiger partial charge in [-0.05, 0) is 19.5 Å². The topological polar surface area (TPSA) is 93.2 Å². The fourth-order valence-corrected chi connectivity index (χ4v) is 2.20. The lowest BCUT2D eigenvalue weighted by Gasteiger charge is -2.23. The van der Waals surface area contributed by atoms with Gasteiger partial charge in [-0.2, -0.15) is 0 Å². The quantitative estimate of drug-likeness (QED) is 0.830. The first-order valence-electron chi connectivity index (χ1n) is 7.32. The highest BCUT2D eigenvalue weighted by molar-refractivity contribution is 5.96. The van der Waals surface area contributed by atoms with Crippen molar-refractivity contribution in [2.75, 3.05) is 7.05 Å². The zero-order valence-electron chi connectivity index (χ0n) is 13.3. The predicted octanol–water partition coefficient (Wildman–Crippen LogP) is 0.947. The fourth-order valence-electron chi connectivity index (χ4n) is 2.20. The molecule has 23 heavy (non-hydrogen) atoms. The molecule has 1 aromatic heterocycles. The normalized spacial score (nSPS) is 12.1. The molecule has 2 aromatic rings. The number of nitrogens with zero attached hydrogens (tertiary/aromatic N) is 3. The van der Waals surface area contributed by atoms with Crippen LogP contribution >= 0.6 is 0 Å². The Kier molecular flexibility index (Phi) is 5.48. The molecule has 0 aliphatic rings. The maximum atomic E-state index is 11.8. The third-order valence-corrected chi connectivity index (χ3v) is 3.68. The predicted molar refractivity (Wildman–Crippen MR) is 86.4 cm³/mol. The maximum absolute atomic E-state index is 11.8. The van der Waals surface area contributed by atoms with Crippen LogP contribution in [0.5, 0.6) is 0 Å². The summed E-state index contributed by atoms with van der Waals surface area (Å²) in [5.41, 5.74) is 6.15. The number of amides is 3. The van der Waals surface area contributed by atoms with E-state index in [0.717, 1.165) is 5.82 Å². The zero-order chi connectivity index (χ0) is 16.8. The Morgan fingerprint density at radius 3 is 2.70 bits per heavy atom. The summed E-state index contributed by atoms with van der Waals surface area (Å²) in [7, 11) is 1.80. The summed E-state index contributed by atoms with van der Waals surface area (Å²) in [5, 5.41) is 2.09. The van der Waals surface area contributed by atoms with Gasteiger partial charge in [0.2, 0.25) is 5.91 Å². The van der Waals surface area contributed by atoms with E-state index in [1.165, 1.54) is 5.56 Å². The Hall–Kier alpha value is -2.67. The minimum absolute atomic E-state index is 0.429. The Morgan fingerprint density at radius 2 is 2.04 bits per heavy atom. The van der Waals surface area contributed by atoms with Crippen LogP contribution in [-0.4, -0.2) is 39.5 Å². The number of urea groups is 1. The molecular weight excluding hydrogens is 294 g/mol. The van der Waals surface area contributed by atoms with Crippen molar-refractivity contribution in [2.45, 2.75) is 26.1 Å². The first-order valence-corrected chi connectivity index (χ1v) is 7.32. The van der Waals surface area contributed by atoms with E-state index in [1.54, 1.807) is 20.2 Å². The highest BCUT2D eigenvalue weighted by Crippen LogP contribution is 2.09. The van der Waals surface area contributed by atoms with Crippen molar-refractivity contribution in [3.8, 4) is 0 Å². The lowest BCUT2D eigenvalue weighted by molar-refractivity contribution is -0.124. The summed E-state index contributed by atoms with van der Waals surface area (Å²) in [6.07, 6.45) is 3.64. The van der Waals surface area contributed by atoms with Crippen LogP contribution in [0.2, 0.25) is 0 Å². The van der Waals surface area contributed by atoms with Gasteiger partial charge >= 0.3 is 6.03 Å². The van der Waals surface area contributed by atoms with Gasteiger partial charge in [0, 0.05) is 18.9 Å². The first kappa shape index (κ1) is 16.7. The van der Waals surface area contributed by atoms with E-state index in [0.29, 0.717) is 13.1 Å². The van der Waals surface area contributed by atoms with Gasteiger partial charge in [-0.25, -0.2) is 9.78 Å². The third kappa shape index (κ3) is 4.65. The van der Waals surface area contributed by atoms with Gasteiger partial charge in [-0.1, -0.05) is 30.3 Å². The number of hydrogen-bond donors (Lipinski definition) is 2. The third-order valence-electron chi connectivity index (χ3n) is 3.68. The second-order valence-corrected chi connectivity index (χ2v) is 5.40. The molecule has 2 rings (SSSR count). The summed E-state index contributed by atoms with van der Waals surface area (Å²) in [6.45, 7) is 2.90. The standard InChI is InChI=1S/C16H21N5O2/c1-12(15(22)19-16(17)23)20(2)11-14-18-8-9-21(14)10-13-6-4-3-5-7-13/h3-9,12H,10-11H2,1-2H3,(H3,17,19,22,23)/t12-/m0/s1. The molecule has 0 aliphatic carbocycles. The van der Waals surface area contributed by atoms with Crippen molar-refractivity contribution in [3.63, 3.8) is 0 Å². The maximum Gasteiger partial charge on any atom is 0.318 e. The molecule has 0 bridgehead atoms. The van der Waals surface area contributed by atoms with Crippen LogP contribution < -0.4 is 11.1 Å². The average molecular weight is 315 g/mol. The fraction of sp³-hybridized carbons (Fsp3) is 0.312. The van der Waals surface area contributed by atoms with Crippen LogP contribution in [0.3, 0.4) is 0 Å². The van der Waals surface area contributed by atoms with Gasteiger partial charge in [0.15, 0.2) is 0 Å². The van der Waals surface area contributed by atoms with Gasteiger partial charge in [-0.15, -0.1) is 0 Å². The van der Waals surface area contributed by atoms with Crippen molar-refractivity contribution in [1.82, 2.24) is 19.8 Å². The van der Waals surface area contributed by atoms with Gasteiger partial charge in [0.25, 0.3) is 0 Å². The SMILES string of the molecule is C[C@@H](C(=O)NC(N)=O)N(C)Cc1nccn1Cc1ccccc1. The van der Waals surface area contributed by atoms with Crippen LogP contribution in [0.15, 0.2) is 42.7 Å². The molecule has 7 nitrogen and oxygen atoms in total. The van der Waals surface area contributed by atoms with Crippen LogP contribution in [0, 0.1) is 0 Å². The summed E-state index contributed by atoms with van der Waals surface area (Å²) >= 11 is 0. The van der Waals surface area contributed by atoms with E-state index in [9.17, 15) is 9.59 Å². The Labute approximate surface area is 135 Å². The Bertz CT molecular complexity index is 668. The number of nitrogens with one attached hydrogen (secondary N) is 1. The molecule has 0 saturated carbocycles. The summed E-state index contributed by atoms with van der Waals surface area (Å²) in [5.74, 6) is 0.413. The number of primary amides is 1. The smallest absolute Gasteiger partial charge is 0.318 e. The molecule has 3 amide bonds. The summed E-state index contributed by atoms with van der Waals surface area (Å²) in [4.78, 5) is 28.7. The highest BCUT2D eigenvalue weighted by atomic mass is 16.2. The van der Waals surface area contributed by atoms with E-state index < -0.39 is 18.0 Å². The second-order valence-electron chi connectivity index (χ2n) is 5.40. The minimum Gasteiger partial charge on any atom is -0.351 e. The van der Waals surface area contributed by atoms with Crippen LogP contribution in [0.25, 0.3) is 0 Å². The molecule has 0 aliphatic heterocycles. The average Bonchev–Trinajstić information content (AvgIpc) is 2.93. The number of hydrogen-bond acceptors (Lipinski definition) is 4. The number of aromatic nitrogens is 2. The Morgan fingerprint density at radius 1 is 1.35 bits per heavy atom. The number of imide groups is 1. The van der Waals surface area contributed by atoms with Crippen molar-refractivity contribution >= 4 is 11.9 Å². The largest absolute Gasteiger partial charge is 0.351 e. The van der Waals surface area contributed by atoms with Crippen LogP contribution in [-0.2, 0) is 17.9 Å². The van der Waals surface area contributed by atoms with Crippen LogP contribution in [0.4, 0.5) is 4.79 Å². The molecule has 3 N–H and O–H groups in total. The number of rotatable bonds is 6. The molecule has 0 saturated heterocycles. The molecular formula is C16H21N5O2. The zero-order valence-corrected chi connectivity index (χ0v) is 13.3. The van der Waals surface area contributed by atoms with Crippen LogP contribution in [0.1, 0.15) is 18.3 Å². The number of carbonyl (C=O) groups is 2. The van der Waals surface area contributed by atoms with E-state index >= 15 is 0 Å². The second kappa shape index (κ2) is 7.55. The van der Waals surface area contributed by atoms with Crippen molar-refractivity contribution < 1.29 is 9.59 Å². The minimum atomic E-state index is -0.846. The molecule has 1 atom stereocenters. The van der Waals surface area contributed by atoms with Crippen molar-refractivity contribution in [2.24, 2.45) is 5.73 Å². The summed E-state index contributed by atoms with van der Waals surface area (Å²) in [6, 6.07) is 8.73. The Balaban J connectivity index is 2.02. The molecule has 0 spiro atoms. The molecule has 1 aromatic carbocycles. The van der Waals surface area contributed by atoms with E-state index in [-0.39, 0.29) is 0 Å². The number of benzene rings is 1. The van der Waals surface area contributed by atoms with Gasteiger partial charge in [0.1, 0.15) is 5.82 Å². The first-order chi connectivity index (χ1) is 11.0. The van der Waals surface area contributed by atoms with E-state index in [2.05, 4.69) is 22.4 Å². The van der Waals surface area contributed by atoms with Gasteiger partial charge in [0.05, 0.1) is 12.6 Å². The molecule has 122 valence electrons. The number of nitrogens with two attached hydrogens (primary N) is 1. The highest BCUT2D eigenvalue weighted by Gasteiger charge is 2.20.